The van der Waals surface area contributed by atoms with E-state index in [9.17, 15) is 18.0 Å². The molecule has 2 heterocycles. The van der Waals surface area contributed by atoms with Crippen LogP contribution in [-0.4, -0.2) is 30.3 Å². The molecule has 21 heavy (non-hydrogen) atoms. The maximum Gasteiger partial charge on any atom is 0.417 e. The van der Waals surface area contributed by atoms with Gasteiger partial charge in [-0.05, 0) is 34.8 Å². The molecule has 1 atom stereocenters. The van der Waals surface area contributed by atoms with E-state index in [0.717, 1.165) is 18.7 Å². The molecule has 0 saturated carbocycles. The number of nitrogens with two attached hydrogens (primary N) is 1. The number of halogens is 4. The van der Waals surface area contributed by atoms with Crippen molar-refractivity contribution in [2.45, 2.75) is 25.1 Å². The van der Waals surface area contributed by atoms with Gasteiger partial charge in [0.05, 0.1) is 16.6 Å². The molecule has 1 aliphatic heterocycles. The van der Waals surface area contributed by atoms with Crippen LogP contribution in [0, 0.1) is 0 Å². The van der Waals surface area contributed by atoms with Crippen molar-refractivity contribution in [3.8, 4) is 0 Å². The maximum absolute atomic E-state index is 12.6. The largest absolute Gasteiger partial charge is 0.445 e. The lowest BCUT2D eigenvalue weighted by atomic mass is 10.1. The first-order valence-corrected chi connectivity index (χ1v) is 7.00. The van der Waals surface area contributed by atoms with Crippen LogP contribution < -0.4 is 10.6 Å². The van der Waals surface area contributed by atoms with Crippen LogP contribution in [0.2, 0.25) is 0 Å². The molecule has 1 amide bonds. The predicted molar refractivity (Wildman–Crippen MR) is 72.8 cm³/mol. The van der Waals surface area contributed by atoms with Gasteiger partial charge < -0.3 is 15.4 Å². The second kappa shape index (κ2) is 6.08. The van der Waals surface area contributed by atoms with Gasteiger partial charge in [0, 0.05) is 12.7 Å². The van der Waals surface area contributed by atoms with E-state index >= 15 is 0 Å². The van der Waals surface area contributed by atoms with E-state index in [-0.39, 0.29) is 10.6 Å². The summed E-state index contributed by atoms with van der Waals surface area (Å²) in [5.74, 6) is 0.390. The third-order valence-electron chi connectivity index (χ3n) is 3.11. The lowest BCUT2D eigenvalue weighted by Gasteiger charge is -2.33. The summed E-state index contributed by atoms with van der Waals surface area (Å²) in [6, 6.07) is 0.987. The van der Waals surface area contributed by atoms with Crippen LogP contribution in [0.15, 0.2) is 16.7 Å². The minimum atomic E-state index is -4.44. The van der Waals surface area contributed by atoms with E-state index in [4.69, 9.17) is 10.5 Å². The Balaban J connectivity index is 2.16. The van der Waals surface area contributed by atoms with Crippen molar-refractivity contribution in [3.05, 3.63) is 22.3 Å². The number of carbonyl (C=O) groups is 1. The molecule has 0 bridgehead atoms. The number of ether oxygens (including phenoxy) is 1. The molecule has 1 aliphatic rings. The standard InChI is InChI=1S/C12H13BrF3N3O2/c13-9-4-7(12(14,15)16)5-18-10(9)19-3-1-2-8(6-19)21-11(17)20/h4-5,8H,1-3,6H2,(H2,17,20). The summed E-state index contributed by atoms with van der Waals surface area (Å²) < 4.78 is 43.0. The predicted octanol–water partition coefficient (Wildman–Crippen LogP) is 2.93. The summed E-state index contributed by atoms with van der Waals surface area (Å²) in [6.07, 6.45) is -3.50. The van der Waals surface area contributed by atoms with E-state index in [2.05, 4.69) is 20.9 Å². The lowest BCUT2D eigenvalue weighted by Crippen LogP contribution is -2.42. The van der Waals surface area contributed by atoms with Crippen LogP contribution in [-0.2, 0) is 10.9 Å². The van der Waals surface area contributed by atoms with Crippen molar-refractivity contribution in [3.63, 3.8) is 0 Å². The summed E-state index contributed by atoms with van der Waals surface area (Å²) in [6.45, 7) is 0.968. The number of carbonyl (C=O) groups excluding carboxylic acids is 1. The summed E-state index contributed by atoms with van der Waals surface area (Å²) >= 11 is 3.11. The first-order chi connectivity index (χ1) is 9.77. The van der Waals surface area contributed by atoms with Gasteiger partial charge in [0.1, 0.15) is 11.9 Å². The third kappa shape index (κ3) is 3.99. The molecule has 1 aromatic heterocycles. The Kier molecular flexibility index (Phi) is 4.60. The second-order valence-corrected chi connectivity index (χ2v) is 5.53. The molecule has 0 spiro atoms. The molecule has 2 N–H and O–H groups in total. The fourth-order valence-corrected chi connectivity index (χ4v) is 2.81. The number of hydrogen-bond donors (Lipinski definition) is 1. The molecular weight excluding hydrogens is 355 g/mol. The first kappa shape index (κ1) is 15.9. The average molecular weight is 368 g/mol. The topological polar surface area (TPSA) is 68.5 Å². The number of aromatic nitrogens is 1. The summed E-state index contributed by atoms with van der Waals surface area (Å²) in [7, 11) is 0. The van der Waals surface area contributed by atoms with E-state index in [1.807, 2.05) is 0 Å². The maximum atomic E-state index is 12.6. The molecule has 0 aliphatic carbocycles. The Morgan fingerprint density at radius 2 is 2.24 bits per heavy atom. The van der Waals surface area contributed by atoms with Gasteiger partial charge in [-0.15, -0.1) is 0 Å². The number of hydrogen-bond acceptors (Lipinski definition) is 4. The van der Waals surface area contributed by atoms with Gasteiger partial charge in [0.15, 0.2) is 0 Å². The number of nitrogens with zero attached hydrogens (tertiary/aromatic N) is 2. The highest BCUT2D eigenvalue weighted by Crippen LogP contribution is 2.34. The Morgan fingerprint density at radius 3 is 2.81 bits per heavy atom. The number of anilines is 1. The third-order valence-corrected chi connectivity index (χ3v) is 3.69. The molecule has 1 aromatic rings. The zero-order valence-corrected chi connectivity index (χ0v) is 12.4. The highest BCUT2D eigenvalue weighted by Gasteiger charge is 2.32. The van der Waals surface area contributed by atoms with Gasteiger partial charge in [0.25, 0.3) is 0 Å². The van der Waals surface area contributed by atoms with E-state index in [1.165, 1.54) is 0 Å². The van der Waals surface area contributed by atoms with Gasteiger partial charge in [-0.25, -0.2) is 9.78 Å². The molecule has 116 valence electrons. The number of pyridine rings is 1. The molecule has 1 fully saturated rings. The number of piperidine rings is 1. The number of rotatable bonds is 2. The van der Waals surface area contributed by atoms with E-state index in [0.29, 0.717) is 25.3 Å². The SMILES string of the molecule is NC(=O)OC1CCCN(c2ncc(C(F)(F)F)cc2Br)C1. The molecular formula is C12H13BrF3N3O2. The van der Waals surface area contributed by atoms with Crippen molar-refractivity contribution in [2.75, 3.05) is 18.0 Å². The minimum absolute atomic E-state index is 0.247. The van der Waals surface area contributed by atoms with Gasteiger partial charge in [-0.3, -0.25) is 0 Å². The van der Waals surface area contributed by atoms with Crippen LogP contribution in [0.4, 0.5) is 23.8 Å². The highest BCUT2D eigenvalue weighted by molar-refractivity contribution is 9.10. The fraction of sp³-hybridized carbons (Fsp3) is 0.500. The molecule has 0 radical (unpaired) electrons. The van der Waals surface area contributed by atoms with Crippen molar-refractivity contribution < 1.29 is 22.7 Å². The van der Waals surface area contributed by atoms with Crippen LogP contribution in [0.5, 0.6) is 0 Å². The zero-order chi connectivity index (χ0) is 15.6. The number of primary amides is 1. The fourth-order valence-electron chi connectivity index (χ4n) is 2.21. The second-order valence-electron chi connectivity index (χ2n) is 4.67. The normalized spacial score (nSPS) is 19.4. The van der Waals surface area contributed by atoms with Crippen molar-refractivity contribution >= 4 is 27.8 Å². The van der Waals surface area contributed by atoms with Gasteiger partial charge in [-0.2, -0.15) is 13.2 Å². The molecule has 2 rings (SSSR count). The van der Waals surface area contributed by atoms with Crippen LogP contribution in [0.1, 0.15) is 18.4 Å². The summed E-state index contributed by atoms with van der Waals surface area (Å²) in [4.78, 5) is 16.4. The number of alkyl halides is 3. The molecule has 1 saturated heterocycles. The Labute approximate surface area is 127 Å². The molecule has 5 nitrogen and oxygen atoms in total. The summed E-state index contributed by atoms with van der Waals surface area (Å²) in [5, 5.41) is 0. The Bertz CT molecular complexity index is 539. The van der Waals surface area contributed by atoms with Crippen LogP contribution in [0.25, 0.3) is 0 Å². The average Bonchev–Trinajstić information content (AvgIpc) is 2.37. The first-order valence-electron chi connectivity index (χ1n) is 6.21. The molecule has 1 unspecified atom stereocenters. The molecule has 0 aromatic carbocycles. The van der Waals surface area contributed by atoms with Gasteiger partial charge in [0.2, 0.25) is 0 Å². The Hall–Kier alpha value is -1.51. The van der Waals surface area contributed by atoms with Crippen molar-refractivity contribution in [2.24, 2.45) is 5.73 Å². The van der Waals surface area contributed by atoms with Crippen molar-refractivity contribution in [1.82, 2.24) is 4.98 Å². The lowest BCUT2D eigenvalue weighted by molar-refractivity contribution is -0.137. The van der Waals surface area contributed by atoms with E-state index in [1.54, 1.807) is 4.90 Å². The van der Waals surface area contributed by atoms with Crippen LogP contribution >= 0.6 is 15.9 Å². The number of amides is 1. The Morgan fingerprint density at radius 1 is 1.52 bits per heavy atom. The smallest absolute Gasteiger partial charge is 0.417 e. The van der Waals surface area contributed by atoms with Gasteiger partial charge in [-0.1, -0.05) is 0 Å². The van der Waals surface area contributed by atoms with Gasteiger partial charge >= 0.3 is 12.3 Å². The monoisotopic (exact) mass is 367 g/mol. The molecule has 9 heteroatoms. The minimum Gasteiger partial charge on any atom is -0.445 e. The highest BCUT2D eigenvalue weighted by atomic mass is 79.9. The van der Waals surface area contributed by atoms with E-state index < -0.39 is 17.8 Å². The summed E-state index contributed by atoms with van der Waals surface area (Å²) in [5.41, 5.74) is 4.16. The van der Waals surface area contributed by atoms with Crippen LogP contribution in [0.3, 0.4) is 0 Å². The zero-order valence-electron chi connectivity index (χ0n) is 10.9. The van der Waals surface area contributed by atoms with Crippen molar-refractivity contribution in [1.29, 1.82) is 0 Å². The quantitative estimate of drug-likeness (QED) is 0.872.